The summed E-state index contributed by atoms with van der Waals surface area (Å²) in [6, 6.07) is 7.95. The van der Waals surface area contributed by atoms with E-state index in [4.69, 9.17) is 11.2 Å². The van der Waals surface area contributed by atoms with Gasteiger partial charge in [0.25, 0.3) is 0 Å². The van der Waals surface area contributed by atoms with Gasteiger partial charge in [-0.2, -0.15) is 0 Å². The Kier molecular flexibility index (Phi) is 11.7. The first-order valence-corrected chi connectivity index (χ1v) is 9.30. The Morgan fingerprint density at radius 3 is 2.71 bits per heavy atom. The Morgan fingerprint density at radius 2 is 2.04 bits per heavy atom. The van der Waals surface area contributed by atoms with Gasteiger partial charge >= 0.3 is 0 Å². The van der Waals surface area contributed by atoms with Gasteiger partial charge in [-0.3, -0.25) is 4.99 Å². The zero-order valence-electron chi connectivity index (χ0n) is 16.5. The molecule has 152 valence electrons. The van der Waals surface area contributed by atoms with Gasteiger partial charge in [-0.25, -0.2) is 0 Å². The molecule has 0 aliphatic heterocycles. The first-order chi connectivity index (χ1) is 13.3. The van der Waals surface area contributed by atoms with E-state index in [0.29, 0.717) is 6.54 Å². The van der Waals surface area contributed by atoms with Gasteiger partial charge in [0.15, 0.2) is 5.96 Å². The minimum Gasteiger partial charge on any atom is -0.481 e. The predicted octanol–water partition coefficient (Wildman–Crippen LogP) is 2.27. The summed E-state index contributed by atoms with van der Waals surface area (Å²) in [5.41, 5.74) is 1.21. The highest BCUT2D eigenvalue weighted by Crippen LogP contribution is 2.12. The van der Waals surface area contributed by atoms with Crippen LogP contribution in [0.2, 0.25) is 0 Å². The van der Waals surface area contributed by atoms with Crippen molar-refractivity contribution in [1.82, 2.24) is 25.4 Å². The fourth-order valence-corrected chi connectivity index (χ4v) is 2.55. The van der Waals surface area contributed by atoms with E-state index in [2.05, 4.69) is 50.2 Å². The Balaban J connectivity index is 0.00000392. The van der Waals surface area contributed by atoms with E-state index in [0.717, 1.165) is 50.0 Å². The lowest BCUT2D eigenvalue weighted by Gasteiger charge is -2.12. The quantitative estimate of drug-likeness (QED) is 0.229. The zero-order chi connectivity index (χ0) is 19.3. The number of nitrogens with one attached hydrogen (secondary N) is 2. The number of hydrogen-bond donors (Lipinski definition) is 2. The van der Waals surface area contributed by atoms with Crippen molar-refractivity contribution in [1.29, 1.82) is 0 Å². The summed E-state index contributed by atoms with van der Waals surface area (Å²) in [6.45, 7) is 7.51. The van der Waals surface area contributed by atoms with Crippen LogP contribution in [0.5, 0.6) is 5.75 Å². The number of halogens is 1. The van der Waals surface area contributed by atoms with Crippen molar-refractivity contribution in [2.24, 2.45) is 4.99 Å². The molecule has 0 unspecified atom stereocenters. The lowest BCUT2D eigenvalue weighted by molar-refractivity contribution is 0.370. The molecular weight excluding hydrogens is 467 g/mol. The van der Waals surface area contributed by atoms with Gasteiger partial charge in [0.05, 0.1) is 0 Å². The Labute approximate surface area is 184 Å². The molecule has 0 radical (unpaired) electrons. The molecule has 0 amide bonds. The lowest BCUT2D eigenvalue weighted by atomic mass is 10.1. The van der Waals surface area contributed by atoms with Crippen molar-refractivity contribution in [2.75, 3.05) is 26.2 Å². The minimum atomic E-state index is 0. The molecule has 0 aliphatic carbocycles. The molecule has 0 saturated heterocycles. The monoisotopic (exact) mass is 496 g/mol. The van der Waals surface area contributed by atoms with Crippen LogP contribution >= 0.6 is 24.0 Å². The number of terminal acetylenes is 1. The second-order valence-electron chi connectivity index (χ2n) is 5.87. The molecule has 1 heterocycles. The van der Waals surface area contributed by atoms with E-state index in [-0.39, 0.29) is 30.6 Å². The third-order valence-corrected chi connectivity index (χ3v) is 3.92. The summed E-state index contributed by atoms with van der Waals surface area (Å²) in [5, 5.41) is 14.7. The standard InChI is InChI=1S/C20H28N6O.HI/c1-4-15-27-18-9-7-17(8-10-18)11-12-22-20(21-6-3)23-13-14-26-16-24-25-19(26)5-2;/h1,7-10,16H,5-6,11-15H2,2-3H3,(H2,21,22,23);1H. The maximum Gasteiger partial charge on any atom is 0.191 e. The number of guanidine groups is 1. The van der Waals surface area contributed by atoms with Crippen LogP contribution < -0.4 is 15.4 Å². The van der Waals surface area contributed by atoms with E-state index in [1.165, 1.54) is 5.56 Å². The van der Waals surface area contributed by atoms with E-state index < -0.39 is 0 Å². The maximum absolute atomic E-state index is 5.38. The number of rotatable bonds is 10. The third kappa shape index (κ3) is 8.17. The van der Waals surface area contributed by atoms with Crippen LogP contribution in [-0.2, 0) is 19.4 Å². The van der Waals surface area contributed by atoms with Crippen molar-refractivity contribution in [2.45, 2.75) is 33.2 Å². The lowest BCUT2D eigenvalue weighted by Crippen LogP contribution is -2.39. The van der Waals surface area contributed by atoms with Crippen LogP contribution in [0, 0.1) is 12.3 Å². The molecule has 0 aliphatic rings. The van der Waals surface area contributed by atoms with E-state index in [9.17, 15) is 0 Å². The SMILES string of the molecule is C#CCOc1ccc(CCN=C(NCC)NCCn2cnnc2CC)cc1.I. The molecule has 7 nitrogen and oxygen atoms in total. The zero-order valence-corrected chi connectivity index (χ0v) is 18.8. The highest BCUT2D eigenvalue weighted by Gasteiger charge is 2.02. The molecule has 0 spiro atoms. The van der Waals surface area contributed by atoms with Crippen LogP contribution in [0.25, 0.3) is 0 Å². The average molecular weight is 496 g/mol. The summed E-state index contributed by atoms with van der Waals surface area (Å²) < 4.78 is 7.44. The summed E-state index contributed by atoms with van der Waals surface area (Å²) in [6.07, 6.45) is 8.69. The summed E-state index contributed by atoms with van der Waals surface area (Å²) in [4.78, 5) is 4.64. The number of ether oxygens (including phenoxy) is 1. The van der Waals surface area contributed by atoms with Crippen LogP contribution in [-0.4, -0.2) is 47.0 Å². The molecule has 28 heavy (non-hydrogen) atoms. The number of benzene rings is 1. The second kappa shape index (κ2) is 13.8. The molecule has 0 fully saturated rings. The maximum atomic E-state index is 5.38. The van der Waals surface area contributed by atoms with Gasteiger partial charge in [0, 0.05) is 32.6 Å². The molecule has 1 aromatic carbocycles. The molecule has 1 aromatic heterocycles. The highest BCUT2D eigenvalue weighted by atomic mass is 127. The Morgan fingerprint density at radius 1 is 1.25 bits per heavy atom. The first kappa shape index (κ1) is 23.8. The molecule has 0 saturated carbocycles. The molecule has 8 heteroatoms. The van der Waals surface area contributed by atoms with E-state index in [1.54, 1.807) is 6.33 Å². The van der Waals surface area contributed by atoms with Gasteiger partial charge < -0.3 is 19.9 Å². The molecule has 2 aromatic rings. The van der Waals surface area contributed by atoms with E-state index >= 15 is 0 Å². The number of aryl methyl sites for hydroxylation is 1. The first-order valence-electron chi connectivity index (χ1n) is 9.30. The number of aliphatic imine (C=N–C) groups is 1. The molecule has 2 N–H and O–H groups in total. The Bertz CT molecular complexity index is 751. The van der Waals surface area contributed by atoms with Gasteiger partial charge in [0.2, 0.25) is 0 Å². The van der Waals surface area contributed by atoms with Crippen LogP contribution in [0.3, 0.4) is 0 Å². The second-order valence-corrected chi connectivity index (χ2v) is 5.87. The predicted molar refractivity (Wildman–Crippen MR) is 123 cm³/mol. The van der Waals surface area contributed by atoms with Crippen molar-refractivity contribution in [3.8, 4) is 18.1 Å². The number of hydrogen-bond acceptors (Lipinski definition) is 4. The van der Waals surface area contributed by atoms with Crippen molar-refractivity contribution < 1.29 is 4.74 Å². The third-order valence-electron chi connectivity index (χ3n) is 3.92. The molecule has 2 rings (SSSR count). The molecular formula is C20H29IN6O. The fourth-order valence-electron chi connectivity index (χ4n) is 2.55. The summed E-state index contributed by atoms with van der Waals surface area (Å²) in [5.74, 6) is 5.06. The number of nitrogens with zero attached hydrogens (tertiary/aromatic N) is 4. The topological polar surface area (TPSA) is 76.4 Å². The molecule has 0 atom stereocenters. The highest BCUT2D eigenvalue weighted by molar-refractivity contribution is 14.0. The summed E-state index contributed by atoms with van der Waals surface area (Å²) >= 11 is 0. The van der Waals surface area contributed by atoms with Crippen LogP contribution in [0.4, 0.5) is 0 Å². The van der Waals surface area contributed by atoms with Crippen LogP contribution in [0.1, 0.15) is 25.2 Å². The smallest absolute Gasteiger partial charge is 0.191 e. The summed E-state index contributed by atoms with van der Waals surface area (Å²) in [7, 11) is 0. The van der Waals surface area contributed by atoms with Crippen LogP contribution in [0.15, 0.2) is 35.6 Å². The van der Waals surface area contributed by atoms with Gasteiger partial charge in [-0.05, 0) is 31.0 Å². The number of aromatic nitrogens is 3. The Hall–Kier alpha value is -2.28. The van der Waals surface area contributed by atoms with Gasteiger partial charge in [0.1, 0.15) is 24.5 Å². The van der Waals surface area contributed by atoms with Crippen molar-refractivity contribution in [3.05, 3.63) is 42.0 Å². The fraction of sp³-hybridized carbons (Fsp3) is 0.450. The average Bonchev–Trinajstić information content (AvgIpc) is 3.15. The largest absolute Gasteiger partial charge is 0.481 e. The minimum absolute atomic E-state index is 0. The van der Waals surface area contributed by atoms with Gasteiger partial charge in [-0.1, -0.05) is 25.0 Å². The normalized spacial score (nSPS) is 10.7. The van der Waals surface area contributed by atoms with E-state index in [1.807, 2.05) is 24.3 Å². The van der Waals surface area contributed by atoms with Crippen molar-refractivity contribution in [3.63, 3.8) is 0 Å². The van der Waals surface area contributed by atoms with Gasteiger partial charge in [-0.15, -0.1) is 40.6 Å². The van der Waals surface area contributed by atoms with Crippen molar-refractivity contribution >= 4 is 29.9 Å². The molecule has 0 bridgehead atoms.